The molecule has 0 aliphatic carbocycles. The number of rotatable bonds is 6. The number of benzene rings is 1. The molecule has 4 heteroatoms. The average molecular weight is 320 g/mol. The van der Waals surface area contributed by atoms with Crippen molar-refractivity contribution in [2.24, 2.45) is 11.8 Å². The molecule has 0 amide bonds. The van der Waals surface area contributed by atoms with Gasteiger partial charge in [-0.25, -0.2) is 0 Å². The number of carbonyl (C=O) groups excluding carboxylic acids is 1. The van der Waals surface area contributed by atoms with E-state index in [1.165, 1.54) is 0 Å². The van der Waals surface area contributed by atoms with Gasteiger partial charge in [0.15, 0.2) is 11.6 Å². The zero-order valence-corrected chi connectivity index (χ0v) is 14.7. The van der Waals surface area contributed by atoms with Crippen LogP contribution in [0.1, 0.15) is 40.2 Å². The van der Waals surface area contributed by atoms with Gasteiger partial charge in [0.25, 0.3) is 0 Å². The van der Waals surface area contributed by atoms with Gasteiger partial charge in [-0.3, -0.25) is 4.79 Å². The molecule has 0 saturated carbocycles. The first-order valence-electron chi connectivity index (χ1n) is 8.28. The quantitative estimate of drug-likeness (QED) is 0.803. The molecule has 0 unspecified atom stereocenters. The molecule has 128 valence electrons. The third-order valence-corrected chi connectivity index (χ3v) is 4.34. The molecule has 1 fully saturated rings. The van der Waals surface area contributed by atoms with Gasteiger partial charge in [0.1, 0.15) is 6.10 Å². The Balaban J connectivity index is 2.05. The van der Waals surface area contributed by atoms with Crippen molar-refractivity contribution in [3.8, 4) is 0 Å². The van der Waals surface area contributed by atoms with Crippen molar-refractivity contribution in [3.05, 3.63) is 35.9 Å². The van der Waals surface area contributed by atoms with Crippen LogP contribution in [0.2, 0.25) is 0 Å². The Bertz CT molecular complexity index is 511. The van der Waals surface area contributed by atoms with E-state index in [9.17, 15) is 4.79 Å². The second-order valence-corrected chi connectivity index (χ2v) is 6.96. The van der Waals surface area contributed by atoms with E-state index in [1.54, 1.807) is 6.92 Å². The van der Waals surface area contributed by atoms with Gasteiger partial charge in [-0.15, -0.1) is 0 Å². The molecule has 0 radical (unpaired) electrons. The van der Waals surface area contributed by atoms with E-state index in [0.717, 1.165) is 5.56 Å². The Morgan fingerprint density at radius 2 is 2.00 bits per heavy atom. The molecule has 1 aromatic rings. The van der Waals surface area contributed by atoms with Crippen molar-refractivity contribution in [1.29, 1.82) is 0 Å². The van der Waals surface area contributed by atoms with Crippen LogP contribution >= 0.6 is 0 Å². The molecule has 1 heterocycles. The lowest BCUT2D eigenvalue weighted by Crippen LogP contribution is -2.51. The fourth-order valence-corrected chi connectivity index (χ4v) is 3.10. The van der Waals surface area contributed by atoms with Crippen molar-refractivity contribution < 1.29 is 19.0 Å². The van der Waals surface area contributed by atoms with Crippen LogP contribution in [0.15, 0.2) is 30.3 Å². The second-order valence-electron chi connectivity index (χ2n) is 6.96. The molecular weight excluding hydrogens is 292 g/mol. The highest BCUT2D eigenvalue weighted by Gasteiger charge is 2.41. The third-order valence-electron chi connectivity index (χ3n) is 4.34. The van der Waals surface area contributed by atoms with Crippen molar-refractivity contribution in [3.63, 3.8) is 0 Å². The Labute approximate surface area is 139 Å². The largest absolute Gasteiger partial charge is 0.365 e. The molecule has 1 saturated heterocycles. The lowest BCUT2D eigenvalue weighted by Gasteiger charge is -2.43. The molecule has 4 nitrogen and oxygen atoms in total. The van der Waals surface area contributed by atoms with Crippen molar-refractivity contribution in [2.75, 3.05) is 6.61 Å². The highest BCUT2D eigenvalue weighted by Crippen LogP contribution is 2.32. The van der Waals surface area contributed by atoms with Crippen LogP contribution in [-0.2, 0) is 25.6 Å². The first kappa shape index (κ1) is 18.1. The molecule has 1 aliphatic heterocycles. The molecule has 0 spiro atoms. The summed E-state index contributed by atoms with van der Waals surface area (Å²) < 4.78 is 17.7. The maximum absolute atomic E-state index is 12.1. The topological polar surface area (TPSA) is 44.8 Å². The van der Waals surface area contributed by atoms with Gasteiger partial charge in [-0.05, 0) is 26.3 Å². The maximum atomic E-state index is 12.1. The van der Waals surface area contributed by atoms with E-state index < -0.39 is 11.9 Å². The zero-order valence-electron chi connectivity index (χ0n) is 14.7. The van der Waals surface area contributed by atoms with Crippen LogP contribution < -0.4 is 0 Å². The monoisotopic (exact) mass is 320 g/mol. The predicted octanol–water partition coefficient (Wildman–Crippen LogP) is 3.58. The number of hydrogen-bond donors (Lipinski definition) is 0. The van der Waals surface area contributed by atoms with Crippen LogP contribution in [-0.4, -0.2) is 30.4 Å². The van der Waals surface area contributed by atoms with Crippen molar-refractivity contribution in [2.45, 2.75) is 59.2 Å². The van der Waals surface area contributed by atoms with E-state index in [-0.39, 0.29) is 23.7 Å². The molecule has 0 aromatic heterocycles. The number of carbonyl (C=O) groups is 1. The maximum Gasteiger partial charge on any atom is 0.163 e. The number of ketones is 1. The molecule has 23 heavy (non-hydrogen) atoms. The molecule has 1 aliphatic rings. The Morgan fingerprint density at radius 1 is 1.35 bits per heavy atom. The van der Waals surface area contributed by atoms with Crippen LogP contribution in [0, 0.1) is 11.8 Å². The van der Waals surface area contributed by atoms with Gasteiger partial charge < -0.3 is 14.2 Å². The minimum absolute atomic E-state index is 0.0330. The first-order valence-corrected chi connectivity index (χ1v) is 8.28. The van der Waals surface area contributed by atoms with Crippen LogP contribution in [0.25, 0.3) is 0 Å². The van der Waals surface area contributed by atoms with E-state index in [0.29, 0.717) is 13.2 Å². The van der Waals surface area contributed by atoms with Crippen molar-refractivity contribution >= 4 is 5.78 Å². The molecule has 4 atom stereocenters. The summed E-state index contributed by atoms with van der Waals surface area (Å²) in [6.07, 6.45) is -0.542. The summed E-state index contributed by atoms with van der Waals surface area (Å²) in [4.78, 5) is 12.1. The van der Waals surface area contributed by atoms with E-state index in [2.05, 4.69) is 6.92 Å². The first-order chi connectivity index (χ1) is 10.8. The normalized spacial score (nSPS) is 26.5. The van der Waals surface area contributed by atoms with Gasteiger partial charge in [-0.2, -0.15) is 0 Å². The van der Waals surface area contributed by atoms with Crippen molar-refractivity contribution in [1.82, 2.24) is 0 Å². The summed E-state index contributed by atoms with van der Waals surface area (Å²) in [6.45, 7) is 10.6. The number of Topliss-reactive ketones (excluding diaryl/α,β-unsaturated/α-hetero) is 1. The smallest absolute Gasteiger partial charge is 0.163 e. The Morgan fingerprint density at radius 3 is 2.61 bits per heavy atom. The Kier molecular flexibility index (Phi) is 5.95. The summed E-state index contributed by atoms with van der Waals surface area (Å²) in [7, 11) is 0. The summed E-state index contributed by atoms with van der Waals surface area (Å²) >= 11 is 0. The average Bonchev–Trinajstić information content (AvgIpc) is 2.50. The van der Waals surface area contributed by atoms with E-state index in [4.69, 9.17) is 14.2 Å². The van der Waals surface area contributed by atoms with Gasteiger partial charge >= 0.3 is 0 Å². The van der Waals surface area contributed by atoms with Crippen LogP contribution in [0.5, 0.6) is 0 Å². The SMILES string of the molecule is CC(=O)[C@@H](OCc1ccccc1)[C@H](C)[C@H]1OC(C)(C)OC[C@@H]1C. The summed E-state index contributed by atoms with van der Waals surface area (Å²) in [5.74, 6) is -0.394. The second kappa shape index (κ2) is 7.56. The molecule has 2 rings (SSSR count). The third kappa shape index (κ3) is 4.87. The van der Waals surface area contributed by atoms with Crippen LogP contribution in [0.4, 0.5) is 0 Å². The van der Waals surface area contributed by atoms with Gasteiger partial charge in [0.2, 0.25) is 0 Å². The summed E-state index contributed by atoms with van der Waals surface area (Å²) in [6, 6.07) is 9.90. The standard InChI is InChI=1S/C19H28O4/c1-13-11-22-19(4,5)23-17(13)14(2)18(15(3)20)21-12-16-9-7-6-8-10-16/h6-10,13-14,17-18H,11-12H2,1-5H3/t13-,14+,17-,18-/m0/s1. The van der Waals surface area contributed by atoms with Gasteiger partial charge in [0.05, 0.1) is 19.3 Å². The minimum Gasteiger partial charge on any atom is -0.365 e. The molecule has 1 aromatic carbocycles. The number of hydrogen-bond acceptors (Lipinski definition) is 4. The highest BCUT2D eigenvalue weighted by molar-refractivity contribution is 5.80. The molecule has 0 N–H and O–H groups in total. The van der Waals surface area contributed by atoms with Crippen LogP contribution in [0.3, 0.4) is 0 Å². The molecular formula is C19H28O4. The Hall–Kier alpha value is -1.23. The highest BCUT2D eigenvalue weighted by atomic mass is 16.7. The summed E-state index contributed by atoms with van der Waals surface area (Å²) in [5.41, 5.74) is 1.06. The van der Waals surface area contributed by atoms with E-state index >= 15 is 0 Å². The van der Waals surface area contributed by atoms with Gasteiger partial charge in [0, 0.05) is 11.8 Å². The number of ether oxygens (including phenoxy) is 3. The minimum atomic E-state index is -0.619. The lowest BCUT2D eigenvalue weighted by atomic mass is 9.87. The van der Waals surface area contributed by atoms with E-state index in [1.807, 2.05) is 51.1 Å². The fraction of sp³-hybridized carbons (Fsp3) is 0.632. The molecule has 0 bridgehead atoms. The fourth-order valence-electron chi connectivity index (χ4n) is 3.10. The predicted molar refractivity (Wildman–Crippen MR) is 88.9 cm³/mol. The zero-order chi connectivity index (χ0) is 17.0. The lowest BCUT2D eigenvalue weighted by molar-refractivity contribution is -0.304. The van der Waals surface area contributed by atoms with Gasteiger partial charge in [-0.1, -0.05) is 44.2 Å². The summed E-state index contributed by atoms with van der Waals surface area (Å²) in [5, 5.41) is 0.